The van der Waals surface area contributed by atoms with Gasteiger partial charge in [0, 0.05) is 15.1 Å². The molecule has 0 unspecified atom stereocenters. The SMILES string of the molecule is COc1ccc([C@H]2Oc3c(OC)cc(I)cc3[C@@H]2C)cc1OC. The van der Waals surface area contributed by atoms with Crippen molar-refractivity contribution in [1.82, 2.24) is 0 Å². The van der Waals surface area contributed by atoms with Gasteiger partial charge in [-0.25, -0.2) is 0 Å². The average molecular weight is 426 g/mol. The van der Waals surface area contributed by atoms with E-state index in [1.54, 1.807) is 21.3 Å². The van der Waals surface area contributed by atoms with Crippen LogP contribution in [0.5, 0.6) is 23.0 Å². The highest BCUT2D eigenvalue weighted by atomic mass is 127. The van der Waals surface area contributed by atoms with Crippen molar-refractivity contribution in [2.45, 2.75) is 18.9 Å². The van der Waals surface area contributed by atoms with E-state index < -0.39 is 0 Å². The van der Waals surface area contributed by atoms with Crippen molar-refractivity contribution < 1.29 is 18.9 Å². The third kappa shape index (κ3) is 2.82. The molecule has 23 heavy (non-hydrogen) atoms. The third-order valence-corrected chi connectivity index (χ3v) is 4.82. The first-order chi connectivity index (χ1) is 11.1. The number of hydrogen-bond donors (Lipinski definition) is 0. The molecule has 2 aromatic rings. The summed E-state index contributed by atoms with van der Waals surface area (Å²) in [4.78, 5) is 0. The second-order valence-corrected chi connectivity index (χ2v) is 6.71. The molecule has 0 saturated carbocycles. The molecule has 0 amide bonds. The molecular formula is C18H19IO4. The third-order valence-electron chi connectivity index (χ3n) is 4.19. The van der Waals surface area contributed by atoms with Gasteiger partial charge in [0.25, 0.3) is 0 Å². The number of rotatable bonds is 4. The Kier molecular flexibility index (Phi) is 4.57. The van der Waals surface area contributed by atoms with Gasteiger partial charge in [0.2, 0.25) is 0 Å². The topological polar surface area (TPSA) is 36.9 Å². The molecule has 0 bridgehead atoms. The summed E-state index contributed by atoms with van der Waals surface area (Å²) < 4.78 is 23.6. The van der Waals surface area contributed by atoms with E-state index in [9.17, 15) is 0 Å². The van der Waals surface area contributed by atoms with E-state index in [1.807, 2.05) is 24.3 Å². The maximum absolute atomic E-state index is 6.23. The molecule has 1 aliphatic heterocycles. The molecule has 3 rings (SSSR count). The van der Waals surface area contributed by atoms with Crippen molar-refractivity contribution in [3.63, 3.8) is 0 Å². The van der Waals surface area contributed by atoms with E-state index in [1.165, 1.54) is 5.56 Å². The van der Waals surface area contributed by atoms with Crippen molar-refractivity contribution in [2.24, 2.45) is 0 Å². The van der Waals surface area contributed by atoms with Gasteiger partial charge in [0.1, 0.15) is 6.10 Å². The molecule has 0 spiro atoms. The Morgan fingerprint density at radius 3 is 2.26 bits per heavy atom. The molecule has 1 heterocycles. The lowest BCUT2D eigenvalue weighted by molar-refractivity contribution is 0.207. The lowest BCUT2D eigenvalue weighted by atomic mass is 9.92. The molecule has 2 aromatic carbocycles. The van der Waals surface area contributed by atoms with Crippen LogP contribution in [0.4, 0.5) is 0 Å². The molecule has 4 nitrogen and oxygen atoms in total. The van der Waals surface area contributed by atoms with Crippen LogP contribution in [0, 0.1) is 3.57 Å². The van der Waals surface area contributed by atoms with Crippen molar-refractivity contribution >= 4 is 22.6 Å². The number of methoxy groups -OCH3 is 3. The van der Waals surface area contributed by atoms with Gasteiger partial charge in [-0.3, -0.25) is 0 Å². The van der Waals surface area contributed by atoms with Crippen molar-refractivity contribution in [2.75, 3.05) is 21.3 Å². The molecule has 0 N–H and O–H groups in total. The first-order valence-corrected chi connectivity index (χ1v) is 8.43. The molecular weight excluding hydrogens is 407 g/mol. The Balaban J connectivity index is 2.00. The van der Waals surface area contributed by atoms with E-state index in [-0.39, 0.29) is 12.0 Å². The van der Waals surface area contributed by atoms with Gasteiger partial charge in [-0.2, -0.15) is 0 Å². The Labute approximate surface area is 149 Å². The first kappa shape index (κ1) is 16.2. The Bertz CT molecular complexity index is 729. The average Bonchev–Trinajstić information content (AvgIpc) is 2.90. The number of ether oxygens (including phenoxy) is 4. The molecule has 0 aliphatic carbocycles. The fraction of sp³-hybridized carbons (Fsp3) is 0.333. The molecule has 0 aromatic heterocycles. The molecule has 1 aliphatic rings. The van der Waals surface area contributed by atoms with Crippen molar-refractivity contribution in [3.05, 3.63) is 45.0 Å². The monoisotopic (exact) mass is 426 g/mol. The van der Waals surface area contributed by atoms with Gasteiger partial charge in [0.15, 0.2) is 23.0 Å². The van der Waals surface area contributed by atoms with Gasteiger partial charge >= 0.3 is 0 Å². The second kappa shape index (κ2) is 6.47. The highest BCUT2D eigenvalue weighted by Crippen LogP contribution is 2.51. The van der Waals surface area contributed by atoms with E-state index in [0.29, 0.717) is 11.5 Å². The number of fused-ring (bicyclic) bond motifs is 1. The fourth-order valence-electron chi connectivity index (χ4n) is 2.98. The summed E-state index contributed by atoms with van der Waals surface area (Å²) in [5.74, 6) is 3.26. The van der Waals surface area contributed by atoms with Crippen LogP contribution in [0.2, 0.25) is 0 Å². The standard InChI is InChI=1S/C18H19IO4/c1-10-13-8-12(19)9-16(22-4)18(13)23-17(10)11-5-6-14(20-2)15(7-11)21-3/h5-10,17H,1-4H3/t10-,17-/m0/s1. The van der Waals surface area contributed by atoms with Crippen LogP contribution in [-0.2, 0) is 0 Å². The second-order valence-electron chi connectivity index (χ2n) is 5.47. The Morgan fingerprint density at radius 2 is 1.61 bits per heavy atom. The van der Waals surface area contributed by atoms with Gasteiger partial charge in [0.05, 0.1) is 21.3 Å². The zero-order valence-electron chi connectivity index (χ0n) is 13.6. The van der Waals surface area contributed by atoms with Crippen LogP contribution in [0.1, 0.15) is 30.1 Å². The predicted molar refractivity (Wildman–Crippen MR) is 97.0 cm³/mol. The summed E-state index contributed by atoms with van der Waals surface area (Å²) in [6.07, 6.45) is -0.0723. The zero-order valence-corrected chi connectivity index (χ0v) is 15.7. The van der Waals surface area contributed by atoms with Gasteiger partial charge in [-0.05, 0) is 52.4 Å². The van der Waals surface area contributed by atoms with Crippen molar-refractivity contribution in [3.8, 4) is 23.0 Å². The smallest absolute Gasteiger partial charge is 0.165 e. The van der Waals surface area contributed by atoms with E-state index in [0.717, 1.165) is 20.6 Å². The maximum Gasteiger partial charge on any atom is 0.165 e. The van der Waals surface area contributed by atoms with E-state index >= 15 is 0 Å². The summed E-state index contributed by atoms with van der Waals surface area (Å²) in [5, 5.41) is 0. The van der Waals surface area contributed by atoms with Crippen LogP contribution in [0.3, 0.4) is 0 Å². The minimum Gasteiger partial charge on any atom is -0.493 e. The lowest BCUT2D eigenvalue weighted by Gasteiger charge is -2.18. The minimum atomic E-state index is -0.0723. The van der Waals surface area contributed by atoms with Crippen LogP contribution < -0.4 is 18.9 Å². The Morgan fingerprint density at radius 1 is 0.913 bits per heavy atom. The fourth-order valence-corrected chi connectivity index (χ4v) is 3.60. The van der Waals surface area contributed by atoms with Crippen LogP contribution in [0.25, 0.3) is 0 Å². The van der Waals surface area contributed by atoms with E-state index in [2.05, 4.69) is 35.6 Å². The summed E-state index contributed by atoms with van der Waals surface area (Å²) in [5.41, 5.74) is 2.23. The van der Waals surface area contributed by atoms with Crippen LogP contribution in [-0.4, -0.2) is 21.3 Å². The van der Waals surface area contributed by atoms with E-state index in [4.69, 9.17) is 18.9 Å². The number of benzene rings is 2. The molecule has 122 valence electrons. The molecule has 0 radical (unpaired) electrons. The lowest BCUT2D eigenvalue weighted by Crippen LogP contribution is -2.07. The van der Waals surface area contributed by atoms with Crippen LogP contribution >= 0.6 is 22.6 Å². The van der Waals surface area contributed by atoms with Gasteiger partial charge in [-0.1, -0.05) is 13.0 Å². The molecule has 5 heteroatoms. The summed E-state index contributed by atoms with van der Waals surface area (Å²) in [6.45, 7) is 2.17. The molecule has 0 fully saturated rings. The zero-order chi connectivity index (χ0) is 16.6. The first-order valence-electron chi connectivity index (χ1n) is 7.35. The predicted octanol–water partition coefficient (Wildman–Crippen LogP) is 4.55. The van der Waals surface area contributed by atoms with Crippen LogP contribution in [0.15, 0.2) is 30.3 Å². The highest BCUT2D eigenvalue weighted by Gasteiger charge is 2.35. The maximum atomic E-state index is 6.23. The summed E-state index contributed by atoms with van der Waals surface area (Å²) >= 11 is 2.30. The number of halogens is 1. The molecule has 0 saturated heterocycles. The quantitative estimate of drug-likeness (QED) is 0.673. The summed E-state index contributed by atoms with van der Waals surface area (Å²) in [6, 6.07) is 10.1. The highest BCUT2D eigenvalue weighted by molar-refractivity contribution is 14.1. The largest absolute Gasteiger partial charge is 0.493 e. The Hall–Kier alpha value is -1.63. The minimum absolute atomic E-state index is 0.0723. The van der Waals surface area contributed by atoms with Gasteiger partial charge < -0.3 is 18.9 Å². The van der Waals surface area contributed by atoms with Gasteiger partial charge in [-0.15, -0.1) is 0 Å². The normalized spacial score (nSPS) is 19.0. The molecule has 2 atom stereocenters. The number of hydrogen-bond acceptors (Lipinski definition) is 4. The van der Waals surface area contributed by atoms with Crippen molar-refractivity contribution in [1.29, 1.82) is 0 Å². The summed E-state index contributed by atoms with van der Waals surface area (Å²) in [7, 11) is 4.94.